The van der Waals surface area contributed by atoms with Crippen LogP contribution in [0.3, 0.4) is 0 Å². The summed E-state index contributed by atoms with van der Waals surface area (Å²) in [5, 5.41) is 2.53. The van der Waals surface area contributed by atoms with Crippen LogP contribution in [0.15, 0.2) is 218 Å². The molecule has 4 heterocycles. The van der Waals surface area contributed by atoms with Crippen LogP contribution in [0.2, 0.25) is 0 Å². The summed E-state index contributed by atoms with van der Waals surface area (Å²) in [7, 11) is 0. The highest BCUT2D eigenvalue weighted by molar-refractivity contribution is 6.90. The Morgan fingerprint density at radius 1 is 0.365 bits per heavy atom. The Morgan fingerprint density at radius 2 is 0.905 bits per heavy atom. The van der Waals surface area contributed by atoms with E-state index in [0.29, 0.717) is 17.5 Å². The van der Waals surface area contributed by atoms with Crippen molar-refractivity contribution >= 4 is 56.6 Å². The molecule has 5 nitrogen and oxygen atoms in total. The molecule has 6 heteroatoms. The highest BCUT2D eigenvalue weighted by Crippen LogP contribution is 2.51. The van der Waals surface area contributed by atoms with E-state index in [4.69, 9.17) is 15.0 Å². The lowest BCUT2D eigenvalue weighted by Gasteiger charge is -2.41. The van der Waals surface area contributed by atoms with E-state index in [1.807, 2.05) is 36.4 Å². The third kappa shape index (κ3) is 5.48. The SMILES string of the molecule is c1ccc(-c2nc(-c3ccccc3)nc(-c3cccc(-c4cc5c6c(c4-c4ccccc4)-c4cccc7c8ccccc8n(c47)B6c4ccccc4N5c4ccccc4)c3)n2)cc1. The van der Waals surface area contributed by atoms with Crippen molar-refractivity contribution in [2.75, 3.05) is 4.90 Å². The van der Waals surface area contributed by atoms with Crippen LogP contribution in [0.4, 0.5) is 17.1 Å². The van der Waals surface area contributed by atoms with Gasteiger partial charge in [-0.15, -0.1) is 0 Å². The topological polar surface area (TPSA) is 46.8 Å². The van der Waals surface area contributed by atoms with Crippen molar-refractivity contribution in [2.45, 2.75) is 0 Å². The first-order valence-electron chi connectivity index (χ1n) is 21.5. The molecule has 2 aliphatic heterocycles. The molecule has 0 bridgehead atoms. The van der Waals surface area contributed by atoms with Crippen LogP contribution in [-0.4, -0.2) is 26.3 Å². The van der Waals surface area contributed by atoms with Crippen LogP contribution >= 0.6 is 0 Å². The molecule has 0 saturated heterocycles. The van der Waals surface area contributed by atoms with Gasteiger partial charge < -0.3 is 9.38 Å². The minimum absolute atomic E-state index is 0.0654. The highest BCUT2D eigenvalue weighted by atomic mass is 15.2. The summed E-state index contributed by atoms with van der Waals surface area (Å²) in [6.07, 6.45) is 0. The van der Waals surface area contributed by atoms with E-state index in [-0.39, 0.29) is 6.85 Å². The predicted octanol–water partition coefficient (Wildman–Crippen LogP) is 12.7. The summed E-state index contributed by atoms with van der Waals surface area (Å²) >= 11 is 0. The number of aromatic nitrogens is 4. The van der Waals surface area contributed by atoms with E-state index in [2.05, 4.69) is 191 Å². The van der Waals surface area contributed by atoms with E-state index >= 15 is 0 Å². The smallest absolute Gasteiger partial charge is 0.333 e. The quantitative estimate of drug-likeness (QED) is 0.157. The van der Waals surface area contributed by atoms with Gasteiger partial charge in [0.2, 0.25) is 0 Å². The number of hydrogen-bond acceptors (Lipinski definition) is 4. The van der Waals surface area contributed by atoms with Crippen molar-refractivity contribution in [1.82, 2.24) is 19.4 Å². The van der Waals surface area contributed by atoms with Crippen molar-refractivity contribution < 1.29 is 0 Å². The number of para-hydroxylation sites is 4. The summed E-state index contributed by atoms with van der Waals surface area (Å²) in [4.78, 5) is 17.8. The van der Waals surface area contributed by atoms with E-state index in [0.717, 1.165) is 33.5 Å². The van der Waals surface area contributed by atoms with Crippen LogP contribution in [0.5, 0.6) is 0 Å². The Morgan fingerprint density at radius 3 is 1.62 bits per heavy atom. The van der Waals surface area contributed by atoms with Crippen molar-refractivity contribution in [1.29, 1.82) is 0 Å². The first-order chi connectivity index (χ1) is 31.3. The maximum atomic E-state index is 5.15. The highest BCUT2D eigenvalue weighted by Gasteiger charge is 2.44. The molecule has 0 amide bonds. The molecule has 0 N–H and O–H groups in total. The van der Waals surface area contributed by atoms with E-state index in [9.17, 15) is 0 Å². The third-order valence-electron chi connectivity index (χ3n) is 12.8. The Labute approximate surface area is 365 Å². The van der Waals surface area contributed by atoms with Crippen LogP contribution in [0, 0.1) is 0 Å². The molecule has 0 spiro atoms. The standard InChI is InChI=1S/C57H36BN5/c1-5-19-37(20-6-1)51-46(40-25-17-26-41(35-40)57-60-55(38-21-7-2-8-22-38)59-56(61-57)39-23-9-3-10-24-39)36-50-53-52(51)45-31-18-30-44-43-29-13-15-33-48(43)63(54(44)45)58(53)47-32-14-16-34-49(47)62(50)42-27-11-4-12-28-42/h1-36H. The van der Waals surface area contributed by atoms with Crippen molar-refractivity contribution in [3.05, 3.63) is 218 Å². The number of fused-ring (bicyclic) bond motifs is 7. The van der Waals surface area contributed by atoms with Gasteiger partial charge in [0.1, 0.15) is 0 Å². The average molecular weight is 802 g/mol. The summed E-state index contributed by atoms with van der Waals surface area (Å²) < 4.78 is 2.62. The molecule has 9 aromatic carbocycles. The number of hydrogen-bond donors (Lipinski definition) is 0. The number of nitrogens with zero attached hydrogens (tertiary/aromatic N) is 5. The van der Waals surface area contributed by atoms with Gasteiger partial charge in [-0.3, -0.25) is 0 Å². The fraction of sp³-hybridized carbons (Fsp3) is 0. The molecule has 11 aromatic rings. The molecule has 0 saturated carbocycles. The molecule has 0 unspecified atom stereocenters. The largest absolute Gasteiger partial charge is 0.375 e. The molecule has 2 aliphatic rings. The van der Waals surface area contributed by atoms with Gasteiger partial charge in [-0.2, -0.15) is 0 Å². The molecule has 2 aromatic heterocycles. The molecule has 0 fully saturated rings. The number of anilines is 3. The normalized spacial score (nSPS) is 12.4. The van der Waals surface area contributed by atoms with Crippen molar-refractivity contribution in [3.63, 3.8) is 0 Å². The molecular formula is C57H36BN5. The van der Waals surface area contributed by atoms with Crippen LogP contribution < -0.4 is 15.8 Å². The van der Waals surface area contributed by atoms with Crippen LogP contribution in [-0.2, 0) is 0 Å². The minimum Gasteiger partial charge on any atom is -0.375 e. The minimum atomic E-state index is -0.0654. The number of rotatable bonds is 6. The van der Waals surface area contributed by atoms with E-state index in [1.165, 1.54) is 66.4 Å². The van der Waals surface area contributed by atoms with E-state index in [1.54, 1.807) is 0 Å². The van der Waals surface area contributed by atoms with Crippen LogP contribution in [0.1, 0.15) is 0 Å². The summed E-state index contributed by atoms with van der Waals surface area (Å²) in [6.45, 7) is -0.0654. The molecular weight excluding hydrogens is 765 g/mol. The first kappa shape index (κ1) is 35.4. The van der Waals surface area contributed by atoms with Crippen molar-refractivity contribution in [3.8, 4) is 67.5 Å². The zero-order chi connectivity index (χ0) is 41.4. The fourth-order valence-electron chi connectivity index (χ4n) is 10.2. The summed E-state index contributed by atoms with van der Waals surface area (Å²) in [5.41, 5.74) is 18.4. The monoisotopic (exact) mass is 801 g/mol. The van der Waals surface area contributed by atoms with Gasteiger partial charge in [0.25, 0.3) is 0 Å². The van der Waals surface area contributed by atoms with Gasteiger partial charge in [0.15, 0.2) is 17.5 Å². The lowest BCUT2D eigenvalue weighted by molar-refractivity contribution is 1.07. The Balaban J connectivity index is 1.14. The Kier molecular flexibility index (Phi) is 7.94. The first-order valence-corrected chi connectivity index (χ1v) is 21.5. The molecule has 0 atom stereocenters. The second-order valence-electron chi connectivity index (χ2n) is 16.3. The van der Waals surface area contributed by atoms with Gasteiger partial charge in [0, 0.05) is 61.1 Å². The number of benzene rings is 9. The molecule has 0 radical (unpaired) electrons. The third-order valence-corrected chi connectivity index (χ3v) is 12.8. The molecule has 0 aliphatic carbocycles. The predicted molar refractivity (Wildman–Crippen MR) is 261 cm³/mol. The van der Waals surface area contributed by atoms with Gasteiger partial charge in [-0.1, -0.05) is 182 Å². The van der Waals surface area contributed by atoms with Gasteiger partial charge in [-0.05, 0) is 75.1 Å². The van der Waals surface area contributed by atoms with Gasteiger partial charge in [-0.25, -0.2) is 15.0 Å². The van der Waals surface area contributed by atoms with Crippen LogP contribution in [0.25, 0.3) is 89.4 Å². The average Bonchev–Trinajstić information content (AvgIpc) is 3.70. The maximum Gasteiger partial charge on any atom is 0.333 e. The zero-order valence-electron chi connectivity index (χ0n) is 34.1. The second kappa shape index (κ2) is 14.1. The molecule has 63 heavy (non-hydrogen) atoms. The second-order valence-corrected chi connectivity index (χ2v) is 16.3. The van der Waals surface area contributed by atoms with E-state index < -0.39 is 0 Å². The lowest BCUT2D eigenvalue weighted by atomic mass is 9.44. The lowest BCUT2D eigenvalue weighted by Crippen LogP contribution is -2.56. The molecule has 13 rings (SSSR count). The summed E-state index contributed by atoms with van der Waals surface area (Å²) in [5.74, 6) is 1.90. The Bertz CT molecular complexity index is 3510. The maximum absolute atomic E-state index is 5.15. The fourth-order valence-corrected chi connectivity index (χ4v) is 10.2. The Hall–Kier alpha value is -8.35. The molecule has 292 valence electrons. The van der Waals surface area contributed by atoms with Gasteiger partial charge in [0.05, 0.1) is 0 Å². The van der Waals surface area contributed by atoms with Gasteiger partial charge >= 0.3 is 6.85 Å². The summed E-state index contributed by atoms with van der Waals surface area (Å²) in [6, 6.07) is 78.1. The van der Waals surface area contributed by atoms with Crippen molar-refractivity contribution in [2.24, 2.45) is 0 Å². The zero-order valence-corrected chi connectivity index (χ0v) is 34.1.